The quantitative estimate of drug-likeness (QED) is 0.563. The van der Waals surface area contributed by atoms with E-state index in [1.165, 1.54) is 6.20 Å². The Labute approximate surface area is 123 Å². The number of alkyl halides is 3. The van der Waals surface area contributed by atoms with Crippen LogP contribution in [0.5, 0.6) is 5.75 Å². The minimum atomic E-state index is -4.42. The molecule has 112 valence electrons. The predicted molar refractivity (Wildman–Crippen MR) is 74.7 cm³/mol. The molecule has 0 saturated carbocycles. The number of aromatic amines is 1. The van der Waals surface area contributed by atoms with E-state index in [-0.39, 0.29) is 5.75 Å². The number of H-pyrrole nitrogens is 1. The Morgan fingerprint density at radius 1 is 1.00 bits per heavy atom. The highest BCUT2D eigenvalue weighted by molar-refractivity contribution is 6.04. The van der Waals surface area contributed by atoms with Gasteiger partial charge in [-0.2, -0.15) is 13.2 Å². The van der Waals surface area contributed by atoms with Crippen LogP contribution in [-0.2, 0) is 6.18 Å². The molecule has 0 radical (unpaired) electrons. The molecule has 0 amide bonds. The molecular weight excluding hydrogens is 295 g/mol. The van der Waals surface area contributed by atoms with Gasteiger partial charge in [0.15, 0.2) is 0 Å². The average Bonchev–Trinajstić information content (AvgIpc) is 2.91. The molecule has 1 aromatic heterocycles. The van der Waals surface area contributed by atoms with Crippen molar-refractivity contribution in [1.82, 2.24) is 4.98 Å². The Bertz CT molecular complexity index is 819. The van der Waals surface area contributed by atoms with E-state index in [1.807, 2.05) is 12.1 Å². The number of para-hydroxylation sites is 1. The van der Waals surface area contributed by atoms with Crippen molar-refractivity contribution >= 4 is 16.9 Å². The fourth-order valence-corrected chi connectivity index (χ4v) is 2.11. The third kappa shape index (κ3) is 2.67. The van der Waals surface area contributed by atoms with E-state index >= 15 is 0 Å². The Morgan fingerprint density at radius 3 is 2.36 bits per heavy atom. The first-order valence-corrected chi connectivity index (χ1v) is 6.41. The molecule has 22 heavy (non-hydrogen) atoms. The summed E-state index contributed by atoms with van der Waals surface area (Å²) in [5.74, 6) is -0.569. The standard InChI is InChI=1S/C16H10F3NO2/c17-16(18,19)10-5-7-11(8-6-10)22-15(21)13-9-20-14-4-2-1-3-12(13)14/h1-9,20H. The van der Waals surface area contributed by atoms with E-state index < -0.39 is 17.7 Å². The van der Waals surface area contributed by atoms with Crippen LogP contribution in [0.4, 0.5) is 13.2 Å². The van der Waals surface area contributed by atoms with Crippen LogP contribution in [0.25, 0.3) is 10.9 Å². The second-order valence-electron chi connectivity index (χ2n) is 4.66. The van der Waals surface area contributed by atoms with Crippen molar-refractivity contribution in [1.29, 1.82) is 0 Å². The highest BCUT2D eigenvalue weighted by atomic mass is 19.4. The van der Waals surface area contributed by atoms with Crippen LogP contribution in [0, 0.1) is 0 Å². The summed E-state index contributed by atoms with van der Waals surface area (Å²) in [6.07, 6.45) is -2.91. The molecule has 0 spiro atoms. The lowest BCUT2D eigenvalue weighted by Crippen LogP contribution is -2.09. The summed E-state index contributed by atoms with van der Waals surface area (Å²) in [4.78, 5) is 15.0. The second-order valence-corrected chi connectivity index (χ2v) is 4.66. The van der Waals surface area contributed by atoms with Gasteiger partial charge in [-0.15, -0.1) is 0 Å². The van der Waals surface area contributed by atoms with Gasteiger partial charge >= 0.3 is 12.1 Å². The molecule has 0 aliphatic heterocycles. The van der Waals surface area contributed by atoms with Crippen LogP contribution >= 0.6 is 0 Å². The number of carbonyl (C=O) groups excluding carboxylic acids is 1. The summed E-state index contributed by atoms with van der Waals surface area (Å²) < 4.78 is 42.5. The normalized spacial score (nSPS) is 11.6. The summed E-state index contributed by atoms with van der Waals surface area (Å²) in [6.45, 7) is 0. The van der Waals surface area contributed by atoms with Gasteiger partial charge in [-0.3, -0.25) is 0 Å². The van der Waals surface area contributed by atoms with Crippen molar-refractivity contribution in [2.75, 3.05) is 0 Å². The molecule has 3 aromatic rings. The molecular formula is C16H10F3NO2. The molecule has 3 nitrogen and oxygen atoms in total. The van der Waals surface area contributed by atoms with Crippen LogP contribution in [0.15, 0.2) is 54.7 Å². The number of benzene rings is 2. The molecule has 3 rings (SSSR count). The monoisotopic (exact) mass is 305 g/mol. The fraction of sp³-hybridized carbons (Fsp3) is 0.0625. The summed E-state index contributed by atoms with van der Waals surface area (Å²) in [7, 11) is 0. The zero-order valence-corrected chi connectivity index (χ0v) is 11.1. The molecule has 0 bridgehead atoms. The third-order valence-corrected chi connectivity index (χ3v) is 3.20. The summed E-state index contributed by atoms with van der Waals surface area (Å²) >= 11 is 0. The molecule has 0 aliphatic rings. The molecule has 0 aliphatic carbocycles. The second kappa shape index (κ2) is 5.22. The minimum absolute atomic E-state index is 0.0586. The molecule has 2 aromatic carbocycles. The van der Waals surface area contributed by atoms with Gasteiger partial charge in [-0.25, -0.2) is 4.79 Å². The van der Waals surface area contributed by atoms with Crippen molar-refractivity contribution in [3.05, 3.63) is 65.9 Å². The maximum absolute atomic E-state index is 12.5. The number of esters is 1. The van der Waals surface area contributed by atoms with Crippen molar-refractivity contribution in [3.8, 4) is 5.75 Å². The zero-order valence-electron chi connectivity index (χ0n) is 11.1. The van der Waals surface area contributed by atoms with Gasteiger partial charge in [0.05, 0.1) is 11.1 Å². The Morgan fingerprint density at radius 2 is 1.68 bits per heavy atom. The topological polar surface area (TPSA) is 42.1 Å². The molecule has 6 heteroatoms. The third-order valence-electron chi connectivity index (χ3n) is 3.20. The minimum Gasteiger partial charge on any atom is -0.423 e. The van der Waals surface area contributed by atoms with Crippen LogP contribution in [0.3, 0.4) is 0 Å². The SMILES string of the molecule is O=C(Oc1ccc(C(F)(F)F)cc1)c1c[nH]c2ccccc12. The van der Waals surface area contributed by atoms with Gasteiger partial charge in [0, 0.05) is 17.1 Å². The number of aromatic nitrogens is 1. The number of halogens is 3. The summed E-state index contributed by atoms with van der Waals surface area (Å²) in [5, 5.41) is 0.694. The average molecular weight is 305 g/mol. The van der Waals surface area contributed by atoms with Crippen LogP contribution in [-0.4, -0.2) is 11.0 Å². The van der Waals surface area contributed by atoms with Crippen molar-refractivity contribution in [3.63, 3.8) is 0 Å². The first-order valence-electron chi connectivity index (χ1n) is 6.41. The lowest BCUT2D eigenvalue weighted by molar-refractivity contribution is -0.137. The lowest BCUT2D eigenvalue weighted by atomic mass is 10.2. The van der Waals surface area contributed by atoms with Gasteiger partial charge in [-0.1, -0.05) is 18.2 Å². The summed E-state index contributed by atoms with van der Waals surface area (Å²) in [6, 6.07) is 11.2. The van der Waals surface area contributed by atoms with Crippen LogP contribution in [0.2, 0.25) is 0 Å². The van der Waals surface area contributed by atoms with Crippen molar-refractivity contribution < 1.29 is 22.7 Å². The van der Waals surface area contributed by atoms with E-state index in [1.54, 1.807) is 12.1 Å². The highest BCUT2D eigenvalue weighted by Gasteiger charge is 2.30. The molecule has 1 heterocycles. The first kappa shape index (κ1) is 14.2. The number of rotatable bonds is 2. The van der Waals surface area contributed by atoms with E-state index in [0.717, 1.165) is 29.8 Å². The van der Waals surface area contributed by atoms with E-state index in [0.29, 0.717) is 10.9 Å². The molecule has 0 atom stereocenters. The lowest BCUT2D eigenvalue weighted by Gasteiger charge is -2.07. The highest BCUT2D eigenvalue weighted by Crippen LogP contribution is 2.30. The fourth-order valence-electron chi connectivity index (χ4n) is 2.11. The number of hydrogen-bond acceptors (Lipinski definition) is 2. The molecule has 0 saturated heterocycles. The van der Waals surface area contributed by atoms with Gasteiger partial charge in [-0.05, 0) is 30.3 Å². The van der Waals surface area contributed by atoms with Gasteiger partial charge < -0.3 is 9.72 Å². The van der Waals surface area contributed by atoms with Crippen molar-refractivity contribution in [2.45, 2.75) is 6.18 Å². The van der Waals surface area contributed by atoms with E-state index in [2.05, 4.69) is 4.98 Å². The Kier molecular flexibility index (Phi) is 3.36. The maximum atomic E-state index is 12.5. The van der Waals surface area contributed by atoms with E-state index in [9.17, 15) is 18.0 Å². The Hall–Kier alpha value is -2.76. The first-order chi connectivity index (χ1) is 10.4. The van der Waals surface area contributed by atoms with Crippen LogP contribution in [0.1, 0.15) is 15.9 Å². The smallest absolute Gasteiger partial charge is 0.416 e. The maximum Gasteiger partial charge on any atom is 0.416 e. The number of fused-ring (bicyclic) bond motifs is 1. The van der Waals surface area contributed by atoms with Gasteiger partial charge in [0.1, 0.15) is 5.75 Å². The number of hydrogen-bond donors (Lipinski definition) is 1. The predicted octanol–water partition coefficient (Wildman–Crippen LogP) is 4.41. The molecule has 1 N–H and O–H groups in total. The molecule has 0 unspecified atom stereocenters. The number of carbonyl (C=O) groups is 1. The van der Waals surface area contributed by atoms with Gasteiger partial charge in [0.25, 0.3) is 0 Å². The van der Waals surface area contributed by atoms with Crippen LogP contribution < -0.4 is 4.74 Å². The Balaban J connectivity index is 1.82. The number of ether oxygens (including phenoxy) is 1. The van der Waals surface area contributed by atoms with Gasteiger partial charge in [0.2, 0.25) is 0 Å². The molecule has 0 fully saturated rings. The zero-order chi connectivity index (χ0) is 15.7. The summed E-state index contributed by atoms with van der Waals surface area (Å²) in [5.41, 5.74) is 0.316. The van der Waals surface area contributed by atoms with Crippen molar-refractivity contribution in [2.24, 2.45) is 0 Å². The number of nitrogens with one attached hydrogen (secondary N) is 1. The largest absolute Gasteiger partial charge is 0.423 e. The van der Waals surface area contributed by atoms with E-state index in [4.69, 9.17) is 4.74 Å².